The molecular formula is C34H57N2O7P. The van der Waals surface area contributed by atoms with Crippen LogP contribution in [0.2, 0.25) is 0 Å². The summed E-state index contributed by atoms with van der Waals surface area (Å²) in [6.45, 7) is 3.27. The fourth-order valence-electron chi connectivity index (χ4n) is 5.36. The van der Waals surface area contributed by atoms with E-state index in [4.69, 9.17) is 19.3 Å². The molecule has 0 aliphatic rings. The molecule has 0 atom stereocenters. The van der Waals surface area contributed by atoms with Gasteiger partial charge in [0.05, 0.1) is 26.3 Å². The van der Waals surface area contributed by atoms with Crippen LogP contribution in [0.25, 0.3) is 0 Å². The van der Waals surface area contributed by atoms with Crippen LogP contribution in [0.4, 0.5) is 0 Å². The van der Waals surface area contributed by atoms with Crippen LogP contribution >= 0.6 is 7.60 Å². The molecule has 2 N–H and O–H groups in total. The summed E-state index contributed by atoms with van der Waals surface area (Å²) in [4.78, 5) is 44.3. The molecule has 9 nitrogen and oxygen atoms in total. The molecule has 2 aromatic rings. The Morgan fingerprint density at radius 3 is 1.75 bits per heavy atom. The van der Waals surface area contributed by atoms with E-state index in [-0.39, 0.29) is 31.9 Å². The van der Waals surface area contributed by atoms with E-state index >= 15 is 0 Å². The lowest BCUT2D eigenvalue weighted by molar-refractivity contribution is 0.119. The van der Waals surface area contributed by atoms with Gasteiger partial charge in [-0.15, -0.1) is 0 Å². The zero-order valence-corrected chi connectivity index (χ0v) is 27.9. The maximum absolute atomic E-state index is 13.2. The molecule has 0 bridgehead atoms. The monoisotopic (exact) mass is 636 g/mol. The van der Waals surface area contributed by atoms with Crippen molar-refractivity contribution in [3.63, 3.8) is 0 Å². The first kappa shape index (κ1) is 38.2. The average Bonchev–Trinajstić information content (AvgIpc) is 3.00. The fraction of sp³-hybridized carbons (Fsp3) is 0.706. The number of hydrogen-bond acceptors (Lipinski definition) is 5. The largest absolute Gasteiger partial charge is 0.380 e. The Balaban J connectivity index is 1.66. The van der Waals surface area contributed by atoms with Crippen molar-refractivity contribution in [2.45, 2.75) is 129 Å². The Morgan fingerprint density at radius 2 is 1.20 bits per heavy atom. The first-order chi connectivity index (χ1) is 21.3. The summed E-state index contributed by atoms with van der Waals surface area (Å²) >= 11 is 0. The lowest BCUT2D eigenvalue weighted by atomic mass is 10.0. The second-order valence-electron chi connectivity index (χ2n) is 11.9. The Hall–Kier alpha value is -2.03. The van der Waals surface area contributed by atoms with Gasteiger partial charge in [-0.25, -0.2) is 4.79 Å². The van der Waals surface area contributed by atoms with Crippen molar-refractivity contribution in [2.24, 2.45) is 0 Å². The molecule has 1 aromatic carbocycles. The minimum absolute atomic E-state index is 0.0657. The molecule has 10 heteroatoms. The first-order valence-electron chi connectivity index (χ1n) is 16.9. The zero-order valence-electron chi connectivity index (χ0n) is 27.0. The van der Waals surface area contributed by atoms with E-state index < -0.39 is 19.6 Å². The minimum atomic E-state index is -4.30. The van der Waals surface area contributed by atoms with E-state index in [0.29, 0.717) is 18.6 Å². The second kappa shape index (κ2) is 23.3. The molecule has 250 valence electrons. The SMILES string of the molecule is CCCCCCCCCCCCCCCCCCOCCn1c(=O)c(Cc2ccccc2)cn(CCOCP(=O)(O)O)c1=O. The Morgan fingerprint density at radius 1 is 0.682 bits per heavy atom. The summed E-state index contributed by atoms with van der Waals surface area (Å²) < 4.78 is 24.4. The van der Waals surface area contributed by atoms with Crippen LogP contribution in [0.5, 0.6) is 0 Å². The normalized spacial score (nSPS) is 11.8. The van der Waals surface area contributed by atoms with Crippen LogP contribution in [-0.2, 0) is 33.5 Å². The van der Waals surface area contributed by atoms with Gasteiger partial charge < -0.3 is 19.3 Å². The molecule has 1 aromatic heterocycles. The third kappa shape index (κ3) is 17.5. The molecule has 0 unspecified atom stereocenters. The molecule has 2 rings (SSSR count). The fourth-order valence-corrected chi connectivity index (χ4v) is 5.73. The maximum Gasteiger partial charge on any atom is 0.350 e. The summed E-state index contributed by atoms with van der Waals surface area (Å²) in [5, 5.41) is 0. The second-order valence-corrected chi connectivity index (χ2v) is 13.5. The van der Waals surface area contributed by atoms with E-state index in [9.17, 15) is 14.2 Å². The Bertz CT molecular complexity index is 1180. The molecule has 0 saturated heterocycles. The molecule has 0 saturated carbocycles. The summed E-state index contributed by atoms with van der Waals surface area (Å²) in [7, 11) is -4.30. The lowest BCUT2D eigenvalue weighted by Crippen LogP contribution is -2.42. The lowest BCUT2D eigenvalue weighted by Gasteiger charge is -2.14. The molecule has 0 aliphatic heterocycles. The van der Waals surface area contributed by atoms with E-state index in [1.54, 1.807) is 0 Å². The molecule has 0 aliphatic carbocycles. The molecule has 44 heavy (non-hydrogen) atoms. The van der Waals surface area contributed by atoms with Crippen molar-refractivity contribution >= 4 is 7.60 Å². The van der Waals surface area contributed by atoms with Gasteiger partial charge >= 0.3 is 13.3 Å². The highest BCUT2D eigenvalue weighted by atomic mass is 31.2. The van der Waals surface area contributed by atoms with E-state index in [1.165, 1.54) is 105 Å². The maximum atomic E-state index is 13.2. The average molecular weight is 637 g/mol. The number of unbranched alkanes of at least 4 members (excludes halogenated alkanes) is 15. The van der Waals surface area contributed by atoms with E-state index in [2.05, 4.69) is 6.92 Å². The van der Waals surface area contributed by atoms with Gasteiger partial charge in [0.1, 0.15) is 6.35 Å². The van der Waals surface area contributed by atoms with Gasteiger partial charge in [-0.05, 0) is 12.0 Å². The van der Waals surface area contributed by atoms with Crippen molar-refractivity contribution in [3.05, 3.63) is 68.5 Å². The Labute approximate surface area is 264 Å². The topological polar surface area (TPSA) is 120 Å². The highest BCUT2D eigenvalue weighted by Crippen LogP contribution is 2.33. The van der Waals surface area contributed by atoms with Crippen LogP contribution in [0, 0.1) is 0 Å². The van der Waals surface area contributed by atoms with Crippen molar-refractivity contribution in [1.82, 2.24) is 9.13 Å². The standard InChI is InChI=1S/C34H57N2O7P/c1-2-3-4-5-6-7-8-9-10-11-12-13-14-15-16-20-25-42-27-24-36-33(37)32(28-31-21-18-17-19-22-31)29-35(34(36)38)23-26-43-30-44(39,40)41/h17-19,21-22,29H,2-16,20,23-28,30H2,1H3,(H2,39,40,41). The van der Waals surface area contributed by atoms with Crippen molar-refractivity contribution in [2.75, 3.05) is 26.2 Å². The molecule has 0 amide bonds. The number of nitrogens with zero attached hydrogens (tertiary/aromatic N) is 2. The van der Waals surface area contributed by atoms with Crippen molar-refractivity contribution in [3.8, 4) is 0 Å². The number of benzene rings is 1. The molecule has 0 spiro atoms. The molecule has 1 heterocycles. The van der Waals surface area contributed by atoms with E-state index in [1.807, 2.05) is 30.3 Å². The highest BCUT2D eigenvalue weighted by Gasteiger charge is 2.15. The van der Waals surface area contributed by atoms with Crippen molar-refractivity contribution < 1.29 is 23.8 Å². The van der Waals surface area contributed by atoms with Crippen molar-refractivity contribution in [1.29, 1.82) is 0 Å². The number of aromatic nitrogens is 2. The van der Waals surface area contributed by atoms with Gasteiger partial charge in [0.2, 0.25) is 0 Å². The van der Waals surface area contributed by atoms with Crippen LogP contribution in [0.15, 0.2) is 46.1 Å². The number of hydrogen-bond donors (Lipinski definition) is 2. The highest BCUT2D eigenvalue weighted by molar-refractivity contribution is 7.51. The zero-order chi connectivity index (χ0) is 31.9. The van der Waals surface area contributed by atoms with Crippen LogP contribution < -0.4 is 11.2 Å². The van der Waals surface area contributed by atoms with Gasteiger partial charge in [0.15, 0.2) is 0 Å². The minimum Gasteiger partial charge on any atom is -0.380 e. The van der Waals surface area contributed by atoms with Gasteiger partial charge in [0, 0.05) is 24.8 Å². The van der Waals surface area contributed by atoms with Gasteiger partial charge in [0.25, 0.3) is 5.56 Å². The Kier molecular flexibility index (Phi) is 20.2. The summed E-state index contributed by atoms with van der Waals surface area (Å²) in [5.41, 5.74) is 0.567. The first-order valence-corrected chi connectivity index (χ1v) is 18.7. The van der Waals surface area contributed by atoms with E-state index in [0.717, 1.165) is 18.4 Å². The summed E-state index contributed by atoms with van der Waals surface area (Å²) in [6, 6.07) is 9.53. The van der Waals surface area contributed by atoms with Gasteiger partial charge in [-0.3, -0.25) is 18.5 Å². The number of rotatable bonds is 27. The summed E-state index contributed by atoms with van der Waals surface area (Å²) in [6.07, 6.45) is 22.2. The predicted octanol–water partition coefficient (Wildman–Crippen LogP) is 7.03. The summed E-state index contributed by atoms with van der Waals surface area (Å²) in [5.74, 6) is 0. The number of ether oxygens (including phenoxy) is 2. The molecule has 0 fully saturated rings. The third-order valence-corrected chi connectivity index (χ3v) is 8.40. The quantitative estimate of drug-likeness (QED) is 0.0798. The molecular weight excluding hydrogens is 579 g/mol. The molecule has 0 radical (unpaired) electrons. The smallest absolute Gasteiger partial charge is 0.350 e. The predicted molar refractivity (Wildman–Crippen MR) is 177 cm³/mol. The van der Waals surface area contributed by atoms with Crippen LogP contribution in [0.3, 0.4) is 0 Å². The van der Waals surface area contributed by atoms with Gasteiger partial charge in [-0.2, -0.15) is 0 Å². The van der Waals surface area contributed by atoms with Crippen LogP contribution in [0.1, 0.15) is 121 Å². The third-order valence-electron chi connectivity index (χ3n) is 7.88. The van der Waals surface area contributed by atoms with Crippen LogP contribution in [-0.4, -0.2) is 45.1 Å². The van der Waals surface area contributed by atoms with Gasteiger partial charge in [-0.1, -0.05) is 134 Å².